The van der Waals surface area contributed by atoms with Gasteiger partial charge in [-0.3, -0.25) is 14.0 Å². The Balaban J connectivity index is 1.41. The molecule has 0 radical (unpaired) electrons. The molecule has 0 atom stereocenters. The number of aromatic nitrogens is 2. The predicted octanol–water partition coefficient (Wildman–Crippen LogP) is 2.81. The summed E-state index contributed by atoms with van der Waals surface area (Å²) in [4.78, 5) is 34.5. The van der Waals surface area contributed by atoms with Gasteiger partial charge in [-0.1, -0.05) is 30.3 Å². The molecule has 4 aromatic rings. The number of hydrogen-bond acceptors (Lipinski definition) is 4. The third-order valence-corrected chi connectivity index (χ3v) is 5.45. The number of anilines is 1. The van der Waals surface area contributed by atoms with Crippen LogP contribution in [0.25, 0.3) is 16.6 Å². The maximum absolute atomic E-state index is 13.0. The first-order chi connectivity index (χ1) is 14.2. The molecule has 29 heavy (non-hydrogen) atoms. The van der Waals surface area contributed by atoms with Gasteiger partial charge in [0.2, 0.25) is 0 Å². The lowest BCUT2D eigenvalue weighted by Crippen LogP contribution is -2.48. The molecule has 1 aliphatic rings. The SMILES string of the molecule is O=C(c1ccc2nc3ccccc3c(=O)n2c1)N1CCN(c2ccccc2)CC1. The Morgan fingerprint density at radius 3 is 2.34 bits per heavy atom. The Labute approximate surface area is 167 Å². The van der Waals surface area contributed by atoms with Crippen LogP contribution in [0.2, 0.25) is 0 Å². The van der Waals surface area contributed by atoms with Gasteiger partial charge in [0.15, 0.2) is 0 Å². The van der Waals surface area contributed by atoms with Crippen LogP contribution >= 0.6 is 0 Å². The van der Waals surface area contributed by atoms with Crippen molar-refractivity contribution in [1.82, 2.24) is 14.3 Å². The quantitative estimate of drug-likeness (QED) is 0.499. The van der Waals surface area contributed by atoms with Gasteiger partial charge in [-0.25, -0.2) is 4.98 Å². The first-order valence-corrected chi connectivity index (χ1v) is 9.71. The van der Waals surface area contributed by atoms with Crippen LogP contribution in [0.15, 0.2) is 77.7 Å². The van der Waals surface area contributed by atoms with Crippen molar-refractivity contribution >= 4 is 28.1 Å². The van der Waals surface area contributed by atoms with Gasteiger partial charge in [0.1, 0.15) is 5.65 Å². The molecule has 6 nitrogen and oxygen atoms in total. The van der Waals surface area contributed by atoms with Crippen molar-refractivity contribution in [2.45, 2.75) is 0 Å². The molecular formula is C23H20N4O2. The summed E-state index contributed by atoms with van der Waals surface area (Å²) in [6.45, 7) is 2.87. The summed E-state index contributed by atoms with van der Waals surface area (Å²) >= 11 is 0. The number of pyridine rings is 1. The van der Waals surface area contributed by atoms with Crippen molar-refractivity contribution in [3.05, 3.63) is 88.8 Å². The lowest BCUT2D eigenvalue weighted by atomic mass is 10.2. The summed E-state index contributed by atoms with van der Waals surface area (Å²) in [5, 5.41) is 0.547. The second-order valence-electron chi connectivity index (χ2n) is 7.19. The van der Waals surface area contributed by atoms with Gasteiger partial charge < -0.3 is 9.80 Å². The first kappa shape index (κ1) is 17.4. The summed E-state index contributed by atoms with van der Waals surface area (Å²) < 4.78 is 1.47. The molecule has 0 spiro atoms. The minimum absolute atomic E-state index is 0.0559. The van der Waals surface area contributed by atoms with Gasteiger partial charge >= 0.3 is 0 Å². The fourth-order valence-corrected chi connectivity index (χ4v) is 3.87. The minimum Gasteiger partial charge on any atom is -0.368 e. The Kier molecular flexibility index (Phi) is 4.24. The average molecular weight is 384 g/mol. The van der Waals surface area contributed by atoms with Gasteiger partial charge in [-0.05, 0) is 36.4 Å². The average Bonchev–Trinajstić information content (AvgIpc) is 2.79. The van der Waals surface area contributed by atoms with Crippen LogP contribution < -0.4 is 10.5 Å². The Morgan fingerprint density at radius 1 is 0.828 bits per heavy atom. The second-order valence-corrected chi connectivity index (χ2v) is 7.19. The molecule has 0 bridgehead atoms. The summed E-state index contributed by atoms with van der Waals surface area (Å²) in [6.07, 6.45) is 1.61. The number of nitrogens with zero attached hydrogens (tertiary/aromatic N) is 4. The van der Waals surface area contributed by atoms with E-state index in [0.29, 0.717) is 35.2 Å². The van der Waals surface area contributed by atoms with Gasteiger partial charge in [0.25, 0.3) is 11.5 Å². The molecule has 2 aromatic carbocycles. The summed E-state index contributed by atoms with van der Waals surface area (Å²) in [5.74, 6) is -0.0559. The standard InChI is InChI=1S/C23H20N4O2/c28-22(26-14-12-25(13-15-26)18-6-2-1-3-7-18)17-10-11-21-24-20-9-5-4-8-19(20)23(29)27(21)16-17/h1-11,16H,12-15H2. The van der Waals surface area contributed by atoms with E-state index in [-0.39, 0.29) is 11.5 Å². The molecule has 5 rings (SSSR count). The molecule has 144 valence electrons. The number of hydrogen-bond donors (Lipinski definition) is 0. The molecule has 0 N–H and O–H groups in total. The maximum Gasteiger partial charge on any atom is 0.265 e. The van der Waals surface area contributed by atoms with Crippen LogP contribution in [0.5, 0.6) is 0 Å². The molecule has 1 aliphatic heterocycles. The molecule has 1 saturated heterocycles. The number of amides is 1. The molecule has 1 fully saturated rings. The molecular weight excluding hydrogens is 364 g/mol. The Morgan fingerprint density at radius 2 is 1.55 bits per heavy atom. The van der Waals surface area contributed by atoms with Crippen molar-refractivity contribution in [3.63, 3.8) is 0 Å². The highest BCUT2D eigenvalue weighted by molar-refractivity contribution is 5.94. The molecule has 6 heteroatoms. The van der Waals surface area contributed by atoms with Gasteiger partial charge in [0, 0.05) is 38.1 Å². The number of carbonyl (C=O) groups is 1. The van der Waals surface area contributed by atoms with Gasteiger partial charge in [-0.2, -0.15) is 0 Å². The fraction of sp³-hybridized carbons (Fsp3) is 0.174. The van der Waals surface area contributed by atoms with Crippen LogP contribution in [0.1, 0.15) is 10.4 Å². The highest BCUT2D eigenvalue weighted by Gasteiger charge is 2.22. The summed E-state index contributed by atoms with van der Waals surface area (Å²) in [5.41, 5.74) is 2.72. The van der Waals surface area contributed by atoms with E-state index in [1.165, 1.54) is 10.1 Å². The van der Waals surface area contributed by atoms with Crippen molar-refractivity contribution < 1.29 is 4.79 Å². The van der Waals surface area contributed by atoms with Gasteiger partial charge in [0.05, 0.1) is 16.5 Å². The molecule has 2 aromatic heterocycles. The number of rotatable bonds is 2. The smallest absolute Gasteiger partial charge is 0.265 e. The minimum atomic E-state index is -0.158. The van der Waals surface area contributed by atoms with Gasteiger partial charge in [-0.15, -0.1) is 0 Å². The first-order valence-electron chi connectivity index (χ1n) is 9.71. The number of para-hydroxylation sites is 2. The predicted molar refractivity (Wildman–Crippen MR) is 114 cm³/mol. The zero-order valence-electron chi connectivity index (χ0n) is 15.9. The second kappa shape index (κ2) is 7.05. The van der Waals surface area contributed by atoms with E-state index in [0.717, 1.165) is 13.1 Å². The number of carbonyl (C=O) groups excluding carboxylic acids is 1. The van der Waals surface area contributed by atoms with Crippen molar-refractivity contribution in [1.29, 1.82) is 0 Å². The van der Waals surface area contributed by atoms with E-state index in [1.54, 1.807) is 24.4 Å². The maximum atomic E-state index is 13.0. The van der Waals surface area contributed by atoms with Crippen molar-refractivity contribution in [3.8, 4) is 0 Å². The third kappa shape index (κ3) is 3.12. The van der Waals surface area contributed by atoms with E-state index in [9.17, 15) is 9.59 Å². The largest absolute Gasteiger partial charge is 0.368 e. The van der Waals surface area contributed by atoms with Crippen LogP contribution in [0.4, 0.5) is 5.69 Å². The number of piperazine rings is 1. The van der Waals surface area contributed by atoms with E-state index in [1.807, 2.05) is 41.3 Å². The molecule has 1 amide bonds. The van der Waals surface area contributed by atoms with Crippen LogP contribution in [-0.2, 0) is 0 Å². The zero-order chi connectivity index (χ0) is 19.8. The molecule has 0 unspecified atom stereocenters. The van der Waals surface area contributed by atoms with E-state index >= 15 is 0 Å². The lowest BCUT2D eigenvalue weighted by molar-refractivity contribution is 0.0746. The van der Waals surface area contributed by atoms with Crippen LogP contribution in [0, 0.1) is 0 Å². The number of fused-ring (bicyclic) bond motifs is 2. The van der Waals surface area contributed by atoms with Crippen LogP contribution in [0.3, 0.4) is 0 Å². The Hall–Kier alpha value is -3.67. The molecule has 0 aliphatic carbocycles. The third-order valence-electron chi connectivity index (χ3n) is 5.45. The highest BCUT2D eigenvalue weighted by Crippen LogP contribution is 2.17. The lowest BCUT2D eigenvalue weighted by Gasteiger charge is -2.36. The van der Waals surface area contributed by atoms with Crippen LogP contribution in [-0.4, -0.2) is 46.4 Å². The molecule has 3 heterocycles. The van der Waals surface area contributed by atoms with Crippen molar-refractivity contribution in [2.24, 2.45) is 0 Å². The fourth-order valence-electron chi connectivity index (χ4n) is 3.87. The van der Waals surface area contributed by atoms with E-state index < -0.39 is 0 Å². The summed E-state index contributed by atoms with van der Waals surface area (Å²) in [6, 6.07) is 21.0. The molecule has 0 saturated carbocycles. The van der Waals surface area contributed by atoms with E-state index in [4.69, 9.17) is 0 Å². The Bertz CT molecular complexity index is 1260. The normalized spacial score (nSPS) is 14.5. The highest BCUT2D eigenvalue weighted by atomic mass is 16.2. The number of benzene rings is 2. The van der Waals surface area contributed by atoms with E-state index in [2.05, 4.69) is 22.0 Å². The topological polar surface area (TPSA) is 57.9 Å². The van der Waals surface area contributed by atoms with Crippen molar-refractivity contribution in [2.75, 3.05) is 31.1 Å². The summed E-state index contributed by atoms with van der Waals surface area (Å²) in [7, 11) is 0. The monoisotopic (exact) mass is 384 g/mol. The zero-order valence-corrected chi connectivity index (χ0v) is 15.9.